The lowest BCUT2D eigenvalue weighted by Crippen LogP contribution is -1.99. The van der Waals surface area contributed by atoms with Gasteiger partial charge in [0.15, 0.2) is 0 Å². The second-order valence-corrected chi connectivity index (χ2v) is 5.28. The fourth-order valence-electron chi connectivity index (χ4n) is 1.70. The Balaban J connectivity index is 2.96. The van der Waals surface area contributed by atoms with Crippen LogP contribution in [0, 0.1) is 0 Å². The molecule has 0 heterocycles. The van der Waals surface area contributed by atoms with Gasteiger partial charge in [-0.15, -0.1) is 0 Å². The highest BCUT2D eigenvalue weighted by atomic mass is 127. The third kappa shape index (κ3) is 12.3. The monoisotopic (exact) mass is 340 g/mol. The van der Waals surface area contributed by atoms with Crippen LogP contribution in [0.4, 0.5) is 0 Å². The lowest BCUT2D eigenvalue weighted by molar-refractivity contribution is -0.140. The number of hydrogen-bond donors (Lipinski definition) is 0. The highest BCUT2D eigenvalue weighted by Crippen LogP contribution is 2.11. The van der Waals surface area contributed by atoms with Gasteiger partial charge < -0.3 is 4.74 Å². The van der Waals surface area contributed by atoms with Gasteiger partial charge in [-0.2, -0.15) is 0 Å². The molecule has 0 atom stereocenters. The van der Waals surface area contributed by atoms with Crippen LogP contribution in [0.1, 0.15) is 64.2 Å². The van der Waals surface area contributed by atoms with Gasteiger partial charge in [0.2, 0.25) is 0 Å². The molecule has 0 radical (unpaired) electrons. The summed E-state index contributed by atoms with van der Waals surface area (Å²) in [6.07, 6.45) is 12.2. The number of esters is 1. The molecule has 0 fully saturated rings. The molecule has 0 aromatic heterocycles. The molecule has 0 aromatic rings. The van der Waals surface area contributed by atoms with Crippen molar-refractivity contribution in [1.82, 2.24) is 0 Å². The van der Waals surface area contributed by atoms with Crippen LogP contribution in [-0.4, -0.2) is 17.5 Å². The van der Waals surface area contributed by atoms with Gasteiger partial charge in [-0.25, -0.2) is 0 Å². The Morgan fingerprint density at radius 1 is 0.875 bits per heavy atom. The van der Waals surface area contributed by atoms with Crippen molar-refractivity contribution < 1.29 is 9.53 Å². The molecule has 0 bridgehead atoms. The Morgan fingerprint density at radius 2 is 1.31 bits per heavy atom. The Bertz CT molecular complexity index is 160. The van der Waals surface area contributed by atoms with E-state index in [1.807, 2.05) is 0 Å². The van der Waals surface area contributed by atoms with Gasteiger partial charge in [0.25, 0.3) is 0 Å². The van der Waals surface area contributed by atoms with Crippen LogP contribution in [0.2, 0.25) is 0 Å². The summed E-state index contributed by atoms with van der Waals surface area (Å²) in [5, 5.41) is 0. The summed E-state index contributed by atoms with van der Waals surface area (Å²) < 4.78 is 5.89. The molecule has 2 nitrogen and oxygen atoms in total. The summed E-state index contributed by atoms with van der Waals surface area (Å²) >= 11 is 2.44. The van der Waals surface area contributed by atoms with Crippen LogP contribution in [0.5, 0.6) is 0 Å². The summed E-state index contributed by atoms with van der Waals surface area (Å²) in [6, 6.07) is 0. The van der Waals surface area contributed by atoms with Crippen molar-refractivity contribution in [3.63, 3.8) is 0 Å². The number of rotatable bonds is 11. The summed E-state index contributed by atoms with van der Waals surface area (Å²) in [6.45, 7) is 0. The molecule has 0 aliphatic heterocycles. The largest absolute Gasteiger partial charge is 0.469 e. The Morgan fingerprint density at radius 3 is 1.75 bits per heavy atom. The molecule has 96 valence electrons. The molecule has 16 heavy (non-hydrogen) atoms. The second kappa shape index (κ2) is 13.3. The summed E-state index contributed by atoms with van der Waals surface area (Å²) in [5.41, 5.74) is 0. The fraction of sp³-hybridized carbons (Fsp3) is 0.923. The van der Waals surface area contributed by atoms with E-state index in [1.54, 1.807) is 0 Å². The summed E-state index contributed by atoms with van der Waals surface area (Å²) in [4.78, 5) is 10.8. The number of hydrogen-bond acceptors (Lipinski definition) is 2. The van der Waals surface area contributed by atoms with Crippen LogP contribution in [0.15, 0.2) is 0 Å². The zero-order valence-electron chi connectivity index (χ0n) is 10.5. The quantitative estimate of drug-likeness (QED) is 0.240. The molecular weight excluding hydrogens is 315 g/mol. The number of unbranched alkanes of at least 4 members (excludes halogenated alkanes) is 8. The number of alkyl halides is 1. The predicted octanol–water partition coefficient (Wildman–Crippen LogP) is 4.50. The first-order chi connectivity index (χ1) is 7.81. The molecule has 0 aliphatic rings. The predicted molar refractivity (Wildman–Crippen MR) is 77.1 cm³/mol. The van der Waals surface area contributed by atoms with Crippen molar-refractivity contribution in [2.45, 2.75) is 64.2 Å². The van der Waals surface area contributed by atoms with Gasteiger partial charge in [0, 0.05) is 6.42 Å². The molecule has 0 N–H and O–H groups in total. The minimum Gasteiger partial charge on any atom is -0.469 e. The maximum atomic E-state index is 10.8. The molecule has 0 aromatic carbocycles. The zero-order valence-corrected chi connectivity index (χ0v) is 12.6. The SMILES string of the molecule is COC(=O)CCCCCCCCCCCI. The third-order valence-electron chi connectivity index (χ3n) is 2.74. The summed E-state index contributed by atoms with van der Waals surface area (Å²) in [7, 11) is 1.46. The average Bonchev–Trinajstić information content (AvgIpc) is 2.31. The molecule has 0 amide bonds. The first-order valence-electron chi connectivity index (χ1n) is 6.44. The normalized spacial score (nSPS) is 10.4. The van der Waals surface area contributed by atoms with E-state index in [2.05, 4.69) is 27.3 Å². The van der Waals surface area contributed by atoms with Gasteiger partial charge in [-0.1, -0.05) is 67.5 Å². The first-order valence-corrected chi connectivity index (χ1v) is 7.96. The van der Waals surface area contributed by atoms with E-state index in [9.17, 15) is 4.79 Å². The maximum Gasteiger partial charge on any atom is 0.305 e. The zero-order chi connectivity index (χ0) is 12.1. The smallest absolute Gasteiger partial charge is 0.305 e. The van der Waals surface area contributed by atoms with Crippen LogP contribution in [-0.2, 0) is 9.53 Å². The van der Waals surface area contributed by atoms with Crippen LogP contribution < -0.4 is 0 Å². The van der Waals surface area contributed by atoms with Gasteiger partial charge in [-0.3, -0.25) is 4.79 Å². The minimum atomic E-state index is -0.0706. The number of halogens is 1. The highest BCUT2D eigenvalue weighted by Gasteiger charge is 1.98. The van der Waals surface area contributed by atoms with Crippen LogP contribution >= 0.6 is 22.6 Å². The molecule has 0 rings (SSSR count). The van der Waals surface area contributed by atoms with Crippen LogP contribution in [0.3, 0.4) is 0 Å². The Hall–Kier alpha value is 0.200. The van der Waals surface area contributed by atoms with Crippen molar-refractivity contribution in [3.05, 3.63) is 0 Å². The van der Waals surface area contributed by atoms with Gasteiger partial charge in [0.05, 0.1) is 7.11 Å². The fourth-order valence-corrected chi connectivity index (χ4v) is 2.24. The second-order valence-electron chi connectivity index (χ2n) is 4.20. The van der Waals surface area contributed by atoms with Gasteiger partial charge >= 0.3 is 5.97 Å². The molecule has 0 unspecified atom stereocenters. The van der Waals surface area contributed by atoms with Crippen LogP contribution in [0.25, 0.3) is 0 Å². The van der Waals surface area contributed by atoms with Gasteiger partial charge in [-0.05, 0) is 17.3 Å². The highest BCUT2D eigenvalue weighted by molar-refractivity contribution is 14.1. The number of carbonyl (C=O) groups is 1. The average molecular weight is 340 g/mol. The van der Waals surface area contributed by atoms with E-state index in [1.165, 1.54) is 62.9 Å². The molecular formula is C13H25IO2. The van der Waals surface area contributed by atoms with Crippen molar-refractivity contribution in [2.24, 2.45) is 0 Å². The Labute approximate surface area is 114 Å². The lowest BCUT2D eigenvalue weighted by Gasteiger charge is -2.01. The number of ether oxygens (including phenoxy) is 1. The summed E-state index contributed by atoms with van der Waals surface area (Å²) in [5.74, 6) is -0.0706. The van der Waals surface area contributed by atoms with E-state index in [4.69, 9.17) is 0 Å². The van der Waals surface area contributed by atoms with Crippen molar-refractivity contribution in [1.29, 1.82) is 0 Å². The first kappa shape index (κ1) is 16.2. The van der Waals surface area contributed by atoms with E-state index >= 15 is 0 Å². The topological polar surface area (TPSA) is 26.3 Å². The van der Waals surface area contributed by atoms with Crippen molar-refractivity contribution in [3.8, 4) is 0 Å². The van der Waals surface area contributed by atoms with Crippen molar-refractivity contribution >= 4 is 28.6 Å². The minimum absolute atomic E-state index is 0.0706. The number of methoxy groups -OCH3 is 1. The Kier molecular flexibility index (Phi) is 13.4. The molecule has 0 spiro atoms. The van der Waals surface area contributed by atoms with E-state index in [-0.39, 0.29) is 5.97 Å². The van der Waals surface area contributed by atoms with Gasteiger partial charge in [0.1, 0.15) is 0 Å². The molecule has 0 saturated heterocycles. The molecule has 0 aliphatic carbocycles. The maximum absolute atomic E-state index is 10.8. The standard InChI is InChI=1S/C13H25IO2/c1-16-13(15)11-9-7-5-3-2-4-6-8-10-12-14/h2-12H2,1H3. The van der Waals surface area contributed by atoms with E-state index in [0.29, 0.717) is 6.42 Å². The number of carbonyl (C=O) groups excluding carboxylic acids is 1. The lowest BCUT2D eigenvalue weighted by atomic mass is 10.1. The third-order valence-corrected chi connectivity index (χ3v) is 3.50. The van der Waals surface area contributed by atoms with Crippen molar-refractivity contribution in [2.75, 3.05) is 11.5 Å². The molecule has 3 heteroatoms. The van der Waals surface area contributed by atoms with E-state index in [0.717, 1.165) is 6.42 Å². The van der Waals surface area contributed by atoms with E-state index < -0.39 is 0 Å². The molecule has 0 saturated carbocycles.